The number of sulfonamides is 1. The SMILES string of the molecule is CC(C)[C@@H](NS(=O)(=O)c1ccc(-c2ccc(OCc3nc4ccccc4[nH]3)cc2)cc1)C(=O)O. The van der Waals surface area contributed by atoms with Gasteiger partial charge in [-0.1, -0.05) is 50.2 Å². The highest BCUT2D eigenvalue weighted by atomic mass is 32.2. The molecule has 176 valence electrons. The minimum absolute atomic E-state index is 0.00828. The Hall–Kier alpha value is -3.69. The molecule has 0 radical (unpaired) electrons. The van der Waals surface area contributed by atoms with E-state index in [1.165, 1.54) is 12.1 Å². The van der Waals surface area contributed by atoms with E-state index < -0.39 is 22.0 Å². The number of para-hydroxylation sites is 2. The largest absolute Gasteiger partial charge is 0.486 e. The van der Waals surface area contributed by atoms with Crippen LogP contribution >= 0.6 is 0 Å². The van der Waals surface area contributed by atoms with Gasteiger partial charge in [-0.05, 0) is 53.4 Å². The van der Waals surface area contributed by atoms with Crippen LogP contribution in [0.3, 0.4) is 0 Å². The molecule has 0 amide bonds. The molecule has 0 spiro atoms. The van der Waals surface area contributed by atoms with Crippen molar-refractivity contribution in [3.63, 3.8) is 0 Å². The molecular formula is C25H25N3O5S. The smallest absolute Gasteiger partial charge is 0.322 e. The fraction of sp³-hybridized carbons (Fsp3) is 0.200. The monoisotopic (exact) mass is 479 g/mol. The number of hydrogen-bond acceptors (Lipinski definition) is 5. The van der Waals surface area contributed by atoms with E-state index in [-0.39, 0.29) is 10.8 Å². The van der Waals surface area contributed by atoms with Crippen LogP contribution in [0.15, 0.2) is 77.7 Å². The third kappa shape index (κ3) is 5.27. The summed E-state index contributed by atoms with van der Waals surface area (Å²) in [6.07, 6.45) is 0. The average Bonchev–Trinajstić information content (AvgIpc) is 3.24. The van der Waals surface area contributed by atoms with Crippen LogP contribution in [0.4, 0.5) is 0 Å². The molecule has 1 aromatic heterocycles. The summed E-state index contributed by atoms with van der Waals surface area (Å²) in [5.41, 5.74) is 3.56. The predicted molar refractivity (Wildman–Crippen MR) is 129 cm³/mol. The molecule has 1 atom stereocenters. The molecule has 34 heavy (non-hydrogen) atoms. The zero-order valence-corrected chi connectivity index (χ0v) is 19.5. The molecule has 0 fully saturated rings. The summed E-state index contributed by atoms with van der Waals surface area (Å²) >= 11 is 0. The minimum Gasteiger partial charge on any atom is -0.486 e. The first kappa shape index (κ1) is 23.5. The Balaban J connectivity index is 1.42. The van der Waals surface area contributed by atoms with E-state index in [9.17, 15) is 18.3 Å². The average molecular weight is 480 g/mol. The fourth-order valence-corrected chi connectivity index (χ4v) is 4.84. The zero-order chi connectivity index (χ0) is 24.3. The van der Waals surface area contributed by atoms with E-state index in [4.69, 9.17) is 4.74 Å². The Kier molecular flexibility index (Phi) is 6.67. The third-order valence-corrected chi connectivity index (χ3v) is 6.84. The maximum Gasteiger partial charge on any atom is 0.322 e. The Morgan fingerprint density at radius 2 is 1.62 bits per heavy atom. The van der Waals surface area contributed by atoms with Crippen molar-refractivity contribution in [2.24, 2.45) is 5.92 Å². The lowest BCUT2D eigenvalue weighted by molar-refractivity contribution is -0.140. The van der Waals surface area contributed by atoms with E-state index in [2.05, 4.69) is 14.7 Å². The first-order valence-electron chi connectivity index (χ1n) is 10.7. The van der Waals surface area contributed by atoms with E-state index in [1.807, 2.05) is 48.5 Å². The summed E-state index contributed by atoms with van der Waals surface area (Å²) in [6.45, 7) is 3.60. The summed E-state index contributed by atoms with van der Waals surface area (Å²) in [5.74, 6) is -0.184. The Labute approximate surface area is 197 Å². The highest BCUT2D eigenvalue weighted by Gasteiger charge is 2.27. The van der Waals surface area contributed by atoms with Gasteiger partial charge in [-0.15, -0.1) is 0 Å². The lowest BCUT2D eigenvalue weighted by atomic mass is 10.1. The Bertz CT molecular complexity index is 1360. The molecule has 8 nitrogen and oxygen atoms in total. The standard InChI is InChI=1S/C25H25N3O5S/c1-16(2)24(25(29)30)28-34(31,32)20-13-9-18(10-14-20)17-7-11-19(12-8-17)33-15-23-26-21-5-3-4-6-22(21)27-23/h3-14,16,24,28H,15H2,1-2H3,(H,26,27)(H,29,30)/t24-/m1/s1. The number of fused-ring (bicyclic) bond motifs is 1. The number of aromatic amines is 1. The van der Waals surface area contributed by atoms with Gasteiger partial charge in [0.15, 0.2) is 0 Å². The molecule has 0 aliphatic carbocycles. The van der Waals surface area contributed by atoms with Crippen LogP contribution in [0.5, 0.6) is 5.75 Å². The molecule has 3 N–H and O–H groups in total. The molecule has 3 aromatic carbocycles. The normalized spacial score (nSPS) is 12.7. The maximum absolute atomic E-state index is 12.6. The van der Waals surface area contributed by atoms with E-state index in [0.29, 0.717) is 12.4 Å². The molecule has 0 saturated carbocycles. The molecule has 1 heterocycles. The summed E-state index contributed by atoms with van der Waals surface area (Å²) in [5, 5.41) is 9.26. The van der Waals surface area contributed by atoms with Gasteiger partial charge in [0.05, 0.1) is 15.9 Å². The number of hydrogen-bond donors (Lipinski definition) is 3. The summed E-state index contributed by atoms with van der Waals surface area (Å²) < 4.78 is 33.3. The predicted octanol–water partition coefficient (Wildman–Crippen LogP) is 4.20. The molecule has 4 rings (SSSR count). The van der Waals surface area contributed by atoms with Crippen LogP contribution in [0.2, 0.25) is 0 Å². The molecule has 0 bridgehead atoms. The number of ether oxygens (including phenoxy) is 1. The third-order valence-electron chi connectivity index (χ3n) is 5.38. The molecule has 0 aliphatic rings. The van der Waals surface area contributed by atoms with Crippen molar-refractivity contribution in [2.75, 3.05) is 0 Å². The lowest BCUT2D eigenvalue weighted by Crippen LogP contribution is -2.44. The molecule has 0 saturated heterocycles. The molecule has 0 unspecified atom stereocenters. The first-order chi connectivity index (χ1) is 16.2. The number of nitrogens with one attached hydrogen (secondary N) is 2. The minimum atomic E-state index is -3.96. The summed E-state index contributed by atoms with van der Waals surface area (Å²) in [6, 6.07) is 20.3. The van der Waals surface area contributed by atoms with Crippen molar-refractivity contribution in [2.45, 2.75) is 31.4 Å². The maximum atomic E-state index is 12.6. The van der Waals surface area contributed by atoms with Crippen molar-refractivity contribution in [1.82, 2.24) is 14.7 Å². The number of benzene rings is 3. The number of nitrogens with zero attached hydrogens (tertiary/aromatic N) is 1. The van der Waals surface area contributed by atoms with Crippen LogP contribution in [0.1, 0.15) is 19.7 Å². The van der Waals surface area contributed by atoms with Crippen LogP contribution in [-0.4, -0.2) is 35.5 Å². The van der Waals surface area contributed by atoms with Gasteiger partial charge in [0.25, 0.3) is 0 Å². The van der Waals surface area contributed by atoms with Gasteiger partial charge in [-0.3, -0.25) is 4.79 Å². The number of imidazole rings is 1. The number of aliphatic carboxylic acids is 1. The highest BCUT2D eigenvalue weighted by Crippen LogP contribution is 2.25. The second kappa shape index (κ2) is 9.66. The Morgan fingerprint density at radius 1 is 1.00 bits per heavy atom. The lowest BCUT2D eigenvalue weighted by Gasteiger charge is -2.18. The van der Waals surface area contributed by atoms with Gasteiger partial charge < -0.3 is 14.8 Å². The van der Waals surface area contributed by atoms with Crippen LogP contribution < -0.4 is 9.46 Å². The fourth-order valence-electron chi connectivity index (χ4n) is 3.50. The number of rotatable bonds is 9. The second-order valence-electron chi connectivity index (χ2n) is 8.22. The van der Waals surface area contributed by atoms with Crippen molar-refractivity contribution < 1.29 is 23.1 Å². The van der Waals surface area contributed by atoms with Crippen LogP contribution in [0, 0.1) is 5.92 Å². The van der Waals surface area contributed by atoms with Gasteiger partial charge in [-0.25, -0.2) is 13.4 Å². The van der Waals surface area contributed by atoms with Gasteiger partial charge in [0.2, 0.25) is 10.0 Å². The van der Waals surface area contributed by atoms with E-state index in [1.54, 1.807) is 26.0 Å². The number of aromatic nitrogens is 2. The number of carboxylic acids is 1. The topological polar surface area (TPSA) is 121 Å². The van der Waals surface area contributed by atoms with Gasteiger partial charge in [-0.2, -0.15) is 4.72 Å². The quantitative estimate of drug-likeness (QED) is 0.331. The van der Waals surface area contributed by atoms with Gasteiger partial charge in [0, 0.05) is 0 Å². The second-order valence-corrected chi connectivity index (χ2v) is 9.93. The van der Waals surface area contributed by atoms with Crippen LogP contribution in [0.25, 0.3) is 22.2 Å². The summed E-state index contributed by atoms with van der Waals surface area (Å²) in [4.78, 5) is 19.1. The number of carboxylic acid groups (broad SMARTS) is 1. The highest BCUT2D eigenvalue weighted by molar-refractivity contribution is 7.89. The number of carbonyl (C=O) groups is 1. The Morgan fingerprint density at radius 3 is 2.21 bits per heavy atom. The zero-order valence-electron chi connectivity index (χ0n) is 18.7. The van der Waals surface area contributed by atoms with E-state index >= 15 is 0 Å². The first-order valence-corrected chi connectivity index (χ1v) is 12.2. The number of H-pyrrole nitrogens is 1. The van der Waals surface area contributed by atoms with Crippen molar-refractivity contribution in [3.05, 3.63) is 78.6 Å². The van der Waals surface area contributed by atoms with E-state index in [0.717, 1.165) is 28.0 Å². The molecule has 9 heteroatoms. The van der Waals surface area contributed by atoms with Crippen molar-refractivity contribution in [3.8, 4) is 16.9 Å². The van der Waals surface area contributed by atoms with Crippen LogP contribution in [-0.2, 0) is 21.4 Å². The van der Waals surface area contributed by atoms with Gasteiger partial charge in [0.1, 0.15) is 24.2 Å². The van der Waals surface area contributed by atoms with Crippen molar-refractivity contribution in [1.29, 1.82) is 0 Å². The van der Waals surface area contributed by atoms with Gasteiger partial charge >= 0.3 is 5.97 Å². The van der Waals surface area contributed by atoms with Crippen molar-refractivity contribution >= 4 is 27.0 Å². The summed E-state index contributed by atoms with van der Waals surface area (Å²) in [7, 11) is -3.96. The molecular weight excluding hydrogens is 454 g/mol. The molecule has 4 aromatic rings. The molecule has 0 aliphatic heterocycles.